The zero-order chi connectivity index (χ0) is 13.4. The first-order valence-electron chi connectivity index (χ1n) is 5.58. The molecule has 0 saturated heterocycles. The van der Waals surface area contributed by atoms with Crippen LogP contribution in [0.5, 0.6) is 5.88 Å². The van der Waals surface area contributed by atoms with Crippen LogP contribution in [0.15, 0.2) is 18.2 Å². The van der Waals surface area contributed by atoms with Gasteiger partial charge in [-0.15, -0.1) is 0 Å². The molecule has 6 nitrogen and oxygen atoms in total. The zero-order valence-electron chi connectivity index (χ0n) is 10.6. The molecule has 0 unspecified atom stereocenters. The fourth-order valence-corrected chi connectivity index (χ4v) is 1.51. The molecule has 1 aromatic rings. The van der Waals surface area contributed by atoms with Gasteiger partial charge in [0.15, 0.2) is 0 Å². The van der Waals surface area contributed by atoms with Crippen LogP contribution < -0.4 is 4.74 Å². The zero-order valence-corrected chi connectivity index (χ0v) is 10.6. The molecule has 0 atom stereocenters. The number of rotatable bonds is 8. The molecule has 0 bridgehead atoms. The molecule has 1 heterocycles. The van der Waals surface area contributed by atoms with Crippen molar-refractivity contribution in [2.75, 3.05) is 33.9 Å². The predicted molar refractivity (Wildman–Crippen MR) is 65.6 cm³/mol. The highest BCUT2D eigenvalue weighted by Gasteiger charge is 2.11. The Morgan fingerprint density at radius 1 is 1.44 bits per heavy atom. The fraction of sp³-hybridized carbons (Fsp3) is 0.500. The summed E-state index contributed by atoms with van der Waals surface area (Å²) >= 11 is 0. The lowest BCUT2D eigenvalue weighted by Crippen LogP contribution is -2.32. The van der Waals surface area contributed by atoms with Gasteiger partial charge in [0.25, 0.3) is 0 Å². The predicted octanol–water partition coefficient (Wildman–Crippen LogP) is 0.623. The number of aromatic nitrogens is 1. The van der Waals surface area contributed by atoms with Crippen LogP contribution in [0.2, 0.25) is 0 Å². The number of carboxylic acid groups (broad SMARTS) is 1. The molecule has 1 N–H and O–H groups in total. The van der Waals surface area contributed by atoms with Crippen LogP contribution in [-0.2, 0) is 16.1 Å². The summed E-state index contributed by atoms with van der Waals surface area (Å²) in [5.74, 6) is -0.344. The van der Waals surface area contributed by atoms with Crippen LogP contribution in [0.1, 0.15) is 5.69 Å². The molecule has 0 spiro atoms. The second-order valence-electron chi connectivity index (χ2n) is 3.77. The summed E-state index contributed by atoms with van der Waals surface area (Å²) in [6.07, 6.45) is 0. The second kappa shape index (κ2) is 7.62. The van der Waals surface area contributed by atoms with Crippen LogP contribution in [0, 0.1) is 0 Å². The van der Waals surface area contributed by atoms with Crippen LogP contribution >= 0.6 is 0 Å². The standard InChI is InChI=1S/C12H18N2O4/c1-17-7-6-14(9-12(15)16)8-10-4-3-5-11(13-10)18-2/h3-5H,6-9H2,1-2H3,(H,15,16). The van der Waals surface area contributed by atoms with Crippen molar-refractivity contribution in [2.24, 2.45) is 0 Å². The summed E-state index contributed by atoms with van der Waals surface area (Å²) in [4.78, 5) is 16.8. The van der Waals surface area contributed by atoms with Crippen molar-refractivity contribution in [2.45, 2.75) is 6.54 Å². The maximum absolute atomic E-state index is 10.8. The molecule has 100 valence electrons. The number of methoxy groups -OCH3 is 2. The first-order chi connectivity index (χ1) is 8.65. The molecule has 1 rings (SSSR count). The van der Waals surface area contributed by atoms with Gasteiger partial charge >= 0.3 is 5.97 Å². The SMILES string of the molecule is COCCN(CC(=O)O)Cc1cccc(OC)n1. The van der Waals surface area contributed by atoms with Crippen molar-refractivity contribution in [1.29, 1.82) is 0 Å². The number of carboxylic acids is 1. The Morgan fingerprint density at radius 2 is 2.22 bits per heavy atom. The minimum Gasteiger partial charge on any atom is -0.481 e. The summed E-state index contributed by atoms with van der Waals surface area (Å²) in [5, 5.41) is 8.83. The van der Waals surface area contributed by atoms with E-state index in [9.17, 15) is 4.79 Å². The van der Waals surface area contributed by atoms with Crippen molar-refractivity contribution in [3.05, 3.63) is 23.9 Å². The van der Waals surface area contributed by atoms with Crippen molar-refractivity contribution < 1.29 is 19.4 Å². The smallest absolute Gasteiger partial charge is 0.317 e. The molecule has 0 aliphatic carbocycles. The lowest BCUT2D eigenvalue weighted by Gasteiger charge is -2.19. The number of nitrogens with zero attached hydrogens (tertiary/aromatic N) is 2. The monoisotopic (exact) mass is 254 g/mol. The van der Waals surface area contributed by atoms with Gasteiger partial charge in [-0.05, 0) is 6.07 Å². The van der Waals surface area contributed by atoms with Gasteiger partial charge in [0.05, 0.1) is 26.0 Å². The Labute approximate surface area is 106 Å². The lowest BCUT2D eigenvalue weighted by atomic mass is 10.3. The van der Waals surface area contributed by atoms with Crippen molar-refractivity contribution in [3.8, 4) is 5.88 Å². The summed E-state index contributed by atoms with van der Waals surface area (Å²) in [6.45, 7) is 1.44. The van der Waals surface area contributed by atoms with E-state index in [1.165, 1.54) is 0 Å². The number of carbonyl (C=O) groups is 1. The number of aliphatic carboxylic acids is 1. The molecule has 0 amide bonds. The number of pyridine rings is 1. The van der Waals surface area contributed by atoms with E-state index in [1.807, 2.05) is 12.1 Å². The van der Waals surface area contributed by atoms with E-state index in [4.69, 9.17) is 14.6 Å². The van der Waals surface area contributed by atoms with E-state index >= 15 is 0 Å². The lowest BCUT2D eigenvalue weighted by molar-refractivity contribution is -0.138. The van der Waals surface area contributed by atoms with E-state index in [-0.39, 0.29) is 6.54 Å². The number of ether oxygens (including phenoxy) is 2. The largest absolute Gasteiger partial charge is 0.481 e. The average Bonchev–Trinajstić information content (AvgIpc) is 2.35. The fourth-order valence-electron chi connectivity index (χ4n) is 1.51. The Balaban J connectivity index is 2.65. The molecule has 0 aromatic carbocycles. The van der Waals surface area contributed by atoms with Gasteiger partial charge < -0.3 is 14.6 Å². The average molecular weight is 254 g/mol. The van der Waals surface area contributed by atoms with E-state index in [0.29, 0.717) is 25.6 Å². The molecular weight excluding hydrogens is 236 g/mol. The van der Waals surface area contributed by atoms with Gasteiger partial charge in [-0.3, -0.25) is 9.69 Å². The first kappa shape index (κ1) is 14.4. The topological polar surface area (TPSA) is 71.9 Å². The van der Waals surface area contributed by atoms with Crippen molar-refractivity contribution in [1.82, 2.24) is 9.88 Å². The maximum atomic E-state index is 10.8. The van der Waals surface area contributed by atoms with Crippen LogP contribution in [0.3, 0.4) is 0 Å². The molecule has 0 fully saturated rings. The van der Waals surface area contributed by atoms with Gasteiger partial charge in [0.1, 0.15) is 0 Å². The quantitative estimate of drug-likeness (QED) is 0.733. The van der Waals surface area contributed by atoms with Gasteiger partial charge in [-0.25, -0.2) is 4.98 Å². The van der Waals surface area contributed by atoms with Crippen molar-refractivity contribution in [3.63, 3.8) is 0 Å². The minimum absolute atomic E-state index is 0.0394. The van der Waals surface area contributed by atoms with E-state index in [2.05, 4.69) is 4.98 Å². The molecule has 18 heavy (non-hydrogen) atoms. The molecule has 1 aromatic heterocycles. The Morgan fingerprint density at radius 3 is 2.83 bits per heavy atom. The first-order valence-corrected chi connectivity index (χ1v) is 5.58. The minimum atomic E-state index is -0.867. The Hall–Kier alpha value is -1.66. The van der Waals surface area contributed by atoms with Crippen molar-refractivity contribution >= 4 is 5.97 Å². The van der Waals surface area contributed by atoms with Gasteiger partial charge in [-0.1, -0.05) is 6.07 Å². The van der Waals surface area contributed by atoms with Gasteiger partial charge in [-0.2, -0.15) is 0 Å². The maximum Gasteiger partial charge on any atom is 0.317 e. The summed E-state index contributed by atoms with van der Waals surface area (Å²) < 4.78 is 9.98. The van der Waals surface area contributed by atoms with Crippen LogP contribution in [-0.4, -0.2) is 54.9 Å². The van der Waals surface area contributed by atoms with E-state index in [0.717, 1.165) is 5.69 Å². The normalized spacial score (nSPS) is 10.6. The van der Waals surface area contributed by atoms with E-state index in [1.54, 1.807) is 25.2 Å². The Bertz CT molecular complexity index is 384. The molecule has 0 aliphatic rings. The Kier molecular flexibility index (Phi) is 6.10. The summed E-state index contributed by atoms with van der Waals surface area (Å²) in [5.41, 5.74) is 0.770. The molecule has 6 heteroatoms. The van der Waals surface area contributed by atoms with Gasteiger partial charge in [0.2, 0.25) is 5.88 Å². The number of hydrogen-bond donors (Lipinski definition) is 1. The van der Waals surface area contributed by atoms with Crippen LogP contribution in [0.4, 0.5) is 0 Å². The molecule has 0 aliphatic heterocycles. The third-order valence-corrected chi connectivity index (χ3v) is 2.35. The second-order valence-corrected chi connectivity index (χ2v) is 3.77. The summed E-state index contributed by atoms with van der Waals surface area (Å²) in [7, 11) is 3.13. The highest BCUT2D eigenvalue weighted by atomic mass is 16.5. The summed E-state index contributed by atoms with van der Waals surface area (Å²) in [6, 6.07) is 5.42. The van der Waals surface area contributed by atoms with Gasteiger partial charge in [0, 0.05) is 26.3 Å². The highest BCUT2D eigenvalue weighted by Crippen LogP contribution is 2.08. The molecule has 0 saturated carbocycles. The highest BCUT2D eigenvalue weighted by molar-refractivity contribution is 5.69. The molecule has 0 radical (unpaired) electrons. The van der Waals surface area contributed by atoms with Crippen LogP contribution in [0.25, 0.3) is 0 Å². The van der Waals surface area contributed by atoms with E-state index < -0.39 is 5.97 Å². The third-order valence-electron chi connectivity index (χ3n) is 2.35. The number of hydrogen-bond acceptors (Lipinski definition) is 5. The third kappa shape index (κ3) is 5.11. The molecular formula is C12H18N2O4.